The van der Waals surface area contributed by atoms with Crippen LogP contribution in [-0.2, 0) is 15.8 Å². The average Bonchev–Trinajstić information content (AvgIpc) is 3.02. The lowest BCUT2D eigenvalue weighted by Gasteiger charge is -2.16. The molecular formula is C18H22N4O3S. The van der Waals surface area contributed by atoms with Crippen LogP contribution in [0.1, 0.15) is 17.3 Å². The zero-order valence-corrected chi connectivity index (χ0v) is 15.5. The molecule has 26 heavy (non-hydrogen) atoms. The molecule has 0 aliphatic carbocycles. The van der Waals surface area contributed by atoms with Crippen LogP contribution < -0.4 is 15.4 Å². The number of nitrogens with zero attached hydrogens (tertiary/aromatic N) is 2. The number of sulfonamides is 1. The number of aromatic nitrogens is 1. The minimum atomic E-state index is -3.58. The first-order valence-electron chi connectivity index (χ1n) is 8.19. The van der Waals surface area contributed by atoms with Gasteiger partial charge in [-0.15, -0.1) is 0 Å². The third kappa shape index (κ3) is 4.21. The standard InChI is InChI=1S/C18H22N4O3S/c1-22(2)14-9-7-13(8-10-14)16(19)11-20-26(23,24)12-17-15-5-3-4-6-18(15)25-21-17/h3-10,16,20H,11-12,19H2,1-2H3. The SMILES string of the molecule is CN(C)c1ccc(C(N)CNS(=O)(=O)Cc2noc3ccccc23)cc1. The molecule has 1 heterocycles. The molecule has 0 saturated heterocycles. The summed E-state index contributed by atoms with van der Waals surface area (Å²) in [5.41, 5.74) is 8.99. The number of para-hydroxylation sites is 1. The monoisotopic (exact) mass is 374 g/mol. The highest BCUT2D eigenvalue weighted by Gasteiger charge is 2.18. The Morgan fingerprint density at radius 1 is 1.15 bits per heavy atom. The fourth-order valence-electron chi connectivity index (χ4n) is 2.63. The third-order valence-corrected chi connectivity index (χ3v) is 5.40. The summed E-state index contributed by atoms with van der Waals surface area (Å²) in [5, 5.41) is 4.56. The first kappa shape index (κ1) is 18.4. The van der Waals surface area contributed by atoms with Crippen LogP contribution in [0.15, 0.2) is 53.1 Å². The number of hydrogen-bond donors (Lipinski definition) is 2. The smallest absolute Gasteiger partial charge is 0.217 e. The zero-order valence-electron chi connectivity index (χ0n) is 14.7. The van der Waals surface area contributed by atoms with Crippen LogP contribution in [0.2, 0.25) is 0 Å². The van der Waals surface area contributed by atoms with Crippen LogP contribution in [0.25, 0.3) is 11.0 Å². The van der Waals surface area contributed by atoms with Crippen molar-refractivity contribution in [3.05, 3.63) is 59.8 Å². The Labute approximate surface area is 152 Å². The summed E-state index contributed by atoms with van der Waals surface area (Å²) in [7, 11) is 0.329. The molecule has 1 aromatic heterocycles. The van der Waals surface area contributed by atoms with Crippen molar-refractivity contribution in [2.75, 3.05) is 25.5 Å². The molecule has 0 saturated carbocycles. The zero-order chi connectivity index (χ0) is 18.7. The Morgan fingerprint density at radius 3 is 2.54 bits per heavy atom. The highest BCUT2D eigenvalue weighted by atomic mass is 32.2. The molecule has 3 rings (SSSR count). The molecule has 0 aliphatic rings. The summed E-state index contributed by atoms with van der Waals surface area (Å²) in [6.07, 6.45) is 0. The Hall–Kier alpha value is -2.42. The second-order valence-corrected chi connectivity index (χ2v) is 8.13. The second kappa shape index (κ2) is 7.45. The number of nitrogens with two attached hydrogens (primary N) is 1. The minimum absolute atomic E-state index is 0.111. The number of rotatable bonds is 7. The van der Waals surface area contributed by atoms with Crippen LogP contribution in [0.5, 0.6) is 0 Å². The summed E-state index contributed by atoms with van der Waals surface area (Å²) in [4.78, 5) is 1.99. The van der Waals surface area contributed by atoms with E-state index in [1.54, 1.807) is 12.1 Å². The van der Waals surface area contributed by atoms with Crippen molar-refractivity contribution in [3.8, 4) is 0 Å². The normalized spacial score (nSPS) is 13.0. The van der Waals surface area contributed by atoms with Gasteiger partial charge in [0, 0.05) is 37.8 Å². The Kier molecular flexibility index (Phi) is 5.26. The van der Waals surface area contributed by atoms with E-state index in [1.807, 2.05) is 55.4 Å². The minimum Gasteiger partial charge on any atom is -0.378 e. The lowest BCUT2D eigenvalue weighted by molar-refractivity contribution is 0.448. The van der Waals surface area contributed by atoms with Gasteiger partial charge in [0.15, 0.2) is 5.58 Å². The van der Waals surface area contributed by atoms with Gasteiger partial charge in [0.05, 0.1) is 0 Å². The highest BCUT2D eigenvalue weighted by molar-refractivity contribution is 7.88. The maximum Gasteiger partial charge on any atom is 0.217 e. The van der Waals surface area contributed by atoms with Crippen LogP contribution in [0.3, 0.4) is 0 Å². The molecule has 3 N–H and O–H groups in total. The molecule has 3 aromatic rings. The van der Waals surface area contributed by atoms with E-state index in [9.17, 15) is 8.42 Å². The van der Waals surface area contributed by atoms with E-state index in [-0.39, 0.29) is 12.3 Å². The van der Waals surface area contributed by atoms with Crippen molar-refractivity contribution in [1.82, 2.24) is 9.88 Å². The van der Waals surface area contributed by atoms with E-state index in [2.05, 4.69) is 9.88 Å². The van der Waals surface area contributed by atoms with Crippen LogP contribution in [-0.4, -0.2) is 34.2 Å². The summed E-state index contributed by atoms with van der Waals surface area (Å²) < 4.78 is 32.4. The van der Waals surface area contributed by atoms with E-state index in [0.29, 0.717) is 16.7 Å². The number of fused-ring (bicyclic) bond motifs is 1. The maximum atomic E-state index is 12.4. The van der Waals surface area contributed by atoms with Gasteiger partial charge in [0.1, 0.15) is 11.4 Å². The molecule has 0 bridgehead atoms. The Bertz CT molecular complexity index is 981. The number of hydrogen-bond acceptors (Lipinski definition) is 6. The summed E-state index contributed by atoms with van der Waals surface area (Å²) in [5.74, 6) is -0.254. The molecule has 2 aromatic carbocycles. The number of anilines is 1. The largest absolute Gasteiger partial charge is 0.378 e. The van der Waals surface area contributed by atoms with Crippen molar-refractivity contribution < 1.29 is 12.9 Å². The van der Waals surface area contributed by atoms with Gasteiger partial charge in [0.2, 0.25) is 10.0 Å². The Morgan fingerprint density at radius 2 is 1.85 bits per heavy atom. The topological polar surface area (TPSA) is 101 Å². The first-order valence-corrected chi connectivity index (χ1v) is 9.84. The molecule has 1 atom stereocenters. The lowest BCUT2D eigenvalue weighted by atomic mass is 10.1. The fourth-order valence-corrected chi connectivity index (χ4v) is 3.73. The van der Waals surface area contributed by atoms with Gasteiger partial charge < -0.3 is 15.2 Å². The molecule has 138 valence electrons. The van der Waals surface area contributed by atoms with E-state index in [1.165, 1.54) is 0 Å². The lowest BCUT2D eigenvalue weighted by Crippen LogP contribution is -2.32. The van der Waals surface area contributed by atoms with Gasteiger partial charge >= 0.3 is 0 Å². The molecule has 0 spiro atoms. The average molecular weight is 374 g/mol. The number of nitrogens with one attached hydrogen (secondary N) is 1. The molecule has 0 radical (unpaired) electrons. The molecule has 0 amide bonds. The Balaban J connectivity index is 1.64. The highest BCUT2D eigenvalue weighted by Crippen LogP contribution is 2.20. The van der Waals surface area contributed by atoms with E-state index >= 15 is 0 Å². The molecule has 1 unspecified atom stereocenters. The number of benzene rings is 2. The predicted octanol–water partition coefficient (Wildman–Crippen LogP) is 2.01. The third-order valence-electron chi connectivity index (χ3n) is 4.14. The van der Waals surface area contributed by atoms with Gasteiger partial charge in [-0.1, -0.05) is 29.4 Å². The summed E-state index contributed by atoms with van der Waals surface area (Å²) in [6.45, 7) is 0.111. The van der Waals surface area contributed by atoms with Crippen molar-refractivity contribution in [1.29, 1.82) is 0 Å². The van der Waals surface area contributed by atoms with Gasteiger partial charge in [-0.3, -0.25) is 0 Å². The first-order chi connectivity index (χ1) is 12.4. The van der Waals surface area contributed by atoms with Crippen molar-refractivity contribution >= 4 is 26.7 Å². The van der Waals surface area contributed by atoms with E-state index < -0.39 is 16.1 Å². The summed E-state index contributed by atoms with van der Waals surface area (Å²) in [6, 6.07) is 14.4. The molecule has 0 aliphatic heterocycles. The van der Waals surface area contributed by atoms with Crippen LogP contribution >= 0.6 is 0 Å². The quantitative estimate of drug-likeness (QED) is 0.656. The predicted molar refractivity (Wildman–Crippen MR) is 102 cm³/mol. The van der Waals surface area contributed by atoms with Crippen molar-refractivity contribution in [3.63, 3.8) is 0 Å². The van der Waals surface area contributed by atoms with Crippen molar-refractivity contribution in [2.24, 2.45) is 5.73 Å². The molecule has 0 fully saturated rings. The van der Waals surface area contributed by atoms with Gasteiger partial charge in [0.25, 0.3) is 0 Å². The molecule has 8 heteroatoms. The van der Waals surface area contributed by atoms with E-state index in [4.69, 9.17) is 10.3 Å². The second-order valence-electron chi connectivity index (χ2n) is 6.33. The summed E-state index contributed by atoms with van der Waals surface area (Å²) >= 11 is 0. The maximum absolute atomic E-state index is 12.4. The van der Waals surface area contributed by atoms with Crippen molar-refractivity contribution in [2.45, 2.75) is 11.8 Å². The van der Waals surface area contributed by atoms with Gasteiger partial charge in [-0.2, -0.15) is 0 Å². The van der Waals surface area contributed by atoms with Gasteiger partial charge in [-0.05, 0) is 29.8 Å². The fraction of sp³-hybridized carbons (Fsp3) is 0.278. The van der Waals surface area contributed by atoms with E-state index in [0.717, 1.165) is 11.3 Å². The van der Waals surface area contributed by atoms with Crippen LogP contribution in [0.4, 0.5) is 5.69 Å². The molecule has 7 nitrogen and oxygen atoms in total. The van der Waals surface area contributed by atoms with Crippen LogP contribution in [0, 0.1) is 0 Å². The molecular weight excluding hydrogens is 352 g/mol. The van der Waals surface area contributed by atoms with Gasteiger partial charge in [-0.25, -0.2) is 13.1 Å².